The minimum Gasteiger partial charge on any atom is -0.349 e. The van der Waals surface area contributed by atoms with Crippen molar-refractivity contribution in [2.45, 2.75) is 25.4 Å². The average Bonchev–Trinajstić information content (AvgIpc) is 3.25. The monoisotopic (exact) mass is 397 g/mol. The molecule has 28 heavy (non-hydrogen) atoms. The topological polar surface area (TPSA) is 84.2 Å². The minimum atomic E-state index is -0.0937. The Balaban J connectivity index is 1.27. The summed E-state index contributed by atoms with van der Waals surface area (Å²) in [6.07, 6.45) is 5.36. The van der Waals surface area contributed by atoms with Crippen LogP contribution < -0.4 is 5.32 Å². The number of amides is 1. The molecule has 0 radical (unpaired) electrons. The normalized spacial score (nSPS) is 24.5. The first kappa shape index (κ1) is 17.6. The number of fused-ring (bicyclic) bond motifs is 3. The molecule has 1 amide bonds. The molecule has 2 aromatic heterocycles. The predicted octanol–water partition coefficient (Wildman–Crippen LogP) is 2.91. The van der Waals surface area contributed by atoms with Crippen LogP contribution in [0.25, 0.3) is 11.0 Å². The summed E-state index contributed by atoms with van der Waals surface area (Å²) in [5.41, 5.74) is 3.27. The van der Waals surface area contributed by atoms with E-state index in [1.807, 2.05) is 12.1 Å². The molecule has 144 valence electrons. The summed E-state index contributed by atoms with van der Waals surface area (Å²) >= 11 is 5.97. The smallest absolute Gasteiger partial charge is 0.253 e. The zero-order valence-electron chi connectivity index (χ0n) is 15.2. The summed E-state index contributed by atoms with van der Waals surface area (Å²) < 4.78 is 4.88. The van der Waals surface area contributed by atoms with Crippen LogP contribution in [0.1, 0.15) is 28.8 Å². The summed E-state index contributed by atoms with van der Waals surface area (Å²) in [4.78, 5) is 19.1. The SMILES string of the molecule is O=C(NC1[C@@H]2CC[C@H]1CN(Cc1cccc3nonc13)C2)c1cncc(Cl)c1. The first-order valence-corrected chi connectivity index (χ1v) is 9.89. The van der Waals surface area contributed by atoms with Gasteiger partial charge in [-0.2, -0.15) is 0 Å². The lowest BCUT2D eigenvalue weighted by Crippen LogP contribution is -2.52. The van der Waals surface area contributed by atoms with Gasteiger partial charge in [0.25, 0.3) is 5.91 Å². The van der Waals surface area contributed by atoms with Crippen LogP contribution in [0.3, 0.4) is 0 Å². The number of nitrogens with zero attached hydrogens (tertiary/aromatic N) is 4. The number of benzene rings is 1. The number of nitrogens with one attached hydrogen (secondary N) is 1. The fraction of sp³-hybridized carbons (Fsp3) is 0.400. The summed E-state index contributed by atoms with van der Waals surface area (Å²) in [5, 5.41) is 11.7. The average molecular weight is 398 g/mol. The Hall–Kier alpha value is -2.51. The summed E-state index contributed by atoms with van der Waals surface area (Å²) in [5.74, 6) is 0.803. The van der Waals surface area contributed by atoms with Crippen molar-refractivity contribution in [3.05, 3.63) is 52.8 Å². The van der Waals surface area contributed by atoms with E-state index in [9.17, 15) is 4.79 Å². The quantitative estimate of drug-likeness (QED) is 0.728. The van der Waals surface area contributed by atoms with E-state index in [4.69, 9.17) is 16.2 Å². The Morgan fingerprint density at radius 1 is 1.21 bits per heavy atom. The third kappa shape index (κ3) is 3.25. The zero-order chi connectivity index (χ0) is 19.1. The van der Waals surface area contributed by atoms with Crippen LogP contribution in [0.4, 0.5) is 0 Å². The second kappa shape index (κ2) is 7.14. The van der Waals surface area contributed by atoms with Crippen molar-refractivity contribution in [3.63, 3.8) is 0 Å². The number of hydrogen-bond acceptors (Lipinski definition) is 6. The van der Waals surface area contributed by atoms with E-state index in [1.165, 1.54) is 6.20 Å². The van der Waals surface area contributed by atoms with E-state index in [2.05, 4.69) is 31.6 Å². The van der Waals surface area contributed by atoms with E-state index < -0.39 is 0 Å². The van der Waals surface area contributed by atoms with Crippen molar-refractivity contribution < 1.29 is 9.42 Å². The van der Waals surface area contributed by atoms with Crippen molar-refractivity contribution in [3.8, 4) is 0 Å². The van der Waals surface area contributed by atoms with E-state index >= 15 is 0 Å². The first-order valence-electron chi connectivity index (χ1n) is 9.51. The molecule has 1 saturated carbocycles. The molecule has 7 nitrogen and oxygen atoms in total. The molecule has 5 rings (SSSR count). The molecular formula is C20H20ClN5O2. The van der Waals surface area contributed by atoms with Crippen LogP contribution in [0, 0.1) is 11.8 Å². The lowest BCUT2D eigenvalue weighted by atomic mass is 9.91. The number of halogens is 1. The number of aromatic nitrogens is 3. The van der Waals surface area contributed by atoms with Crippen molar-refractivity contribution in [1.82, 2.24) is 25.5 Å². The fourth-order valence-corrected chi connectivity index (χ4v) is 4.86. The highest BCUT2D eigenvalue weighted by Gasteiger charge is 2.42. The highest BCUT2D eigenvalue weighted by atomic mass is 35.5. The van der Waals surface area contributed by atoms with Gasteiger partial charge in [-0.1, -0.05) is 23.7 Å². The molecule has 1 aliphatic heterocycles. The third-order valence-corrected chi connectivity index (χ3v) is 6.14. The Kier molecular flexibility index (Phi) is 4.49. The standard InChI is InChI=1S/C20H20ClN5O2/c21-16-6-15(7-22-8-16)20(27)23-18-13-4-5-14(18)11-26(10-13)9-12-2-1-3-17-19(12)25-28-24-17/h1-3,6-8,13-14,18H,4-5,9-11H2,(H,23,27)/t13-,14+,18?. The highest BCUT2D eigenvalue weighted by Crippen LogP contribution is 2.38. The van der Waals surface area contributed by atoms with Gasteiger partial charge in [-0.25, -0.2) is 4.63 Å². The minimum absolute atomic E-state index is 0.0937. The van der Waals surface area contributed by atoms with Crippen molar-refractivity contribution >= 4 is 28.5 Å². The molecule has 3 aromatic rings. The molecule has 1 aliphatic carbocycles. The van der Waals surface area contributed by atoms with Crippen LogP contribution in [0.5, 0.6) is 0 Å². The molecule has 1 unspecified atom stereocenters. The van der Waals surface area contributed by atoms with E-state index in [0.29, 0.717) is 22.4 Å². The van der Waals surface area contributed by atoms with Crippen molar-refractivity contribution in [2.75, 3.05) is 13.1 Å². The van der Waals surface area contributed by atoms with Crippen LogP contribution in [-0.4, -0.2) is 45.2 Å². The van der Waals surface area contributed by atoms with Crippen LogP contribution in [0.15, 0.2) is 41.3 Å². The predicted molar refractivity (Wildman–Crippen MR) is 104 cm³/mol. The second-order valence-corrected chi connectivity index (χ2v) is 8.17. The number of rotatable bonds is 4. The molecule has 1 aromatic carbocycles. The third-order valence-electron chi connectivity index (χ3n) is 5.94. The number of piperidine rings is 1. The molecule has 0 spiro atoms. The first-order chi connectivity index (χ1) is 13.7. The maximum absolute atomic E-state index is 12.6. The number of carbonyl (C=O) groups excluding carboxylic acids is 1. The van der Waals surface area contributed by atoms with Gasteiger partial charge in [0.05, 0.1) is 10.6 Å². The van der Waals surface area contributed by atoms with Gasteiger partial charge in [-0.05, 0) is 52.7 Å². The largest absolute Gasteiger partial charge is 0.349 e. The van der Waals surface area contributed by atoms with Gasteiger partial charge in [-0.3, -0.25) is 14.7 Å². The van der Waals surface area contributed by atoms with Gasteiger partial charge >= 0.3 is 0 Å². The molecule has 2 bridgehead atoms. The van der Waals surface area contributed by atoms with E-state index in [0.717, 1.165) is 49.1 Å². The number of carbonyl (C=O) groups is 1. The van der Waals surface area contributed by atoms with Gasteiger partial charge in [0.15, 0.2) is 0 Å². The molecule has 3 atom stereocenters. The van der Waals surface area contributed by atoms with Gasteiger partial charge in [0.2, 0.25) is 0 Å². The van der Waals surface area contributed by atoms with Gasteiger partial charge in [0, 0.05) is 38.1 Å². The fourth-order valence-electron chi connectivity index (χ4n) is 4.69. The zero-order valence-corrected chi connectivity index (χ0v) is 16.0. The maximum atomic E-state index is 12.6. The molecule has 3 heterocycles. The maximum Gasteiger partial charge on any atom is 0.253 e. The second-order valence-electron chi connectivity index (χ2n) is 7.73. The van der Waals surface area contributed by atoms with Gasteiger partial charge < -0.3 is 5.32 Å². The van der Waals surface area contributed by atoms with Crippen molar-refractivity contribution in [1.29, 1.82) is 0 Å². The Bertz CT molecular complexity index is 1010. The lowest BCUT2D eigenvalue weighted by molar-refractivity contribution is 0.0825. The van der Waals surface area contributed by atoms with Crippen LogP contribution in [-0.2, 0) is 6.54 Å². The summed E-state index contributed by atoms with van der Waals surface area (Å²) in [6.45, 7) is 2.73. The summed E-state index contributed by atoms with van der Waals surface area (Å²) in [7, 11) is 0. The molecule has 8 heteroatoms. The lowest BCUT2D eigenvalue weighted by Gasteiger charge is -2.38. The van der Waals surface area contributed by atoms with Crippen molar-refractivity contribution in [2.24, 2.45) is 11.8 Å². The van der Waals surface area contributed by atoms with E-state index in [-0.39, 0.29) is 11.9 Å². The Morgan fingerprint density at radius 3 is 2.82 bits per heavy atom. The molecular weight excluding hydrogens is 378 g/mol. The number of hydrogen-bond donors (Lipinski definition) is 1. The molecule has 1 N–H and O–H groups in total. The summed E-state index contributed by atoms with van der Waals surface area (Å²) in [6, 6.07) is 7.84. The molecule has 2 fully saturated rings. The van der Waals surface area contributed by atoms with Gasteiger partial charge in [-0.15, -0.1) is 0 Å². The number of pyridine rings is 1. The van der Waals surface area contributed by atoms with Crippen LogP contribution in [0.2, 0.25) is 5.02 Å². The molecule has 1 saturated heterocycles. The highest BCUT2D eigenvalue weighted by molar-refractivity contribution is 6.30. The van der Waals surface area contributed by atoms with Crippen LogP contribution >= 0.6 is 11.6 Å². The number of likely N-dealkylation sites (tertiary alicyclic amines) is 1. The Morgan fingerprint density at radius 2 is 2.04 bits per heavy atom. The van der Waals surface area contributed by atoms with Gasteiger partial charge in [0.1, 0.15) is 11.0 Å². The molecule has 2 aliphatic rings. The Labute approximate surface area is 167 Å². The van der Waals surface area contributed by atoms with E-state index in [1.54, 1.807) is 12.3 Å².